The van der Waals surface area contributed by atoms with Gasteiger partial charge < -0.3 is 9.64 Å². The van der Waals surface area contributed by atoms with Crippen molar-refractivity contribution < 1.29 is 9.53 Å². The molecule has 4 heteroatoms. The lowest BCUT2D eigenvalue weighted by Gasteiger charge is -2.49. The second-order valence-corrected chi connectivity index (χ2v) is 5.99. The van der Waals surface area contributed by atoms with Crippen LogP contribution in [0.25, 0.3) is 0 Å². The van der Waals surface area contributed by atoms with Crippen LogP contribution in [0.4, 0.5) is 0 Å². The van der Waals surface area contributed by atoms with Crippen LogP contribution in [0.15, 0.2) is 24.3 Å². The van der Waals surface area contributed by atoms with Crippen molar-refractivity contribution in [2.75, 3.05) is 19.8 Å². The summed E-state index contributed by atoms with van der Waals surface area (Å²) in [6.07, 6.45) is 5.61. The molecule has 0 radical (unpaired) electrons. The second kappa shape index (κ2) is 5.87. The quantitative estimate of drug-likeness (QED) is 0.796. The SMILES string of the molecule is N#Cc1cccc(C(=O)N2CCOCC23CCCCC3)c1. The Morgan fingerprint density at radius 3 is 2.86 bits per heavy atom. The number of hydrogen-bond donors (Lipinski definition) is 0. The zero-order valence-corrected chi connectivity index (χ0v) is 12.2. The molecule has 0 atom stereocenters. The largest absolute Gasteiger partial charge is 0.377 e. The van der Waals surface area contributed by atoms with Crippen LogP contribution < -0.4 is 0 Å². The molecule has 110 valence electrons. The van der Waals surface area contributed by atoms with Gasteiger partial charge in [-0.1, -0.05) is 25.3 Å². The molecule has 21 heavy (non-hydrogen) atoms. The van der Waals surface area contributed by atoms with E-state index in [0.717, 1.165) is 25.7 Å². The minimum Gasteiger partial charge on any atom is -0.377 e. The maximum atomic E-state index is 12.9. The third-order valence-electron chi connectivity index (χ3n) is 4.67. The van der Waals surface area contributed by atoms with Gasteiger partial charge in [0.2, 0.25) is 0 Å². The molecular weight excluding hydrogens is 264 g/mol. The number of nitrogens with zero attached hydrogens (tertiary/aromatic N) is 2. The van der Waals surface area contributed by atoms with Crippen LogP contribution in [-0.4, -0.2) is 36.1 Å². The first-order valence-corrected chi connectivity index (χ1v) is 7.65. The van der Waals surface area contributed by atoms with E-state index in [1.54, 1.807) is 24.3 Å². The number of hydrogen-bond acceptors (Lipinski definition) is 3. The van der Waals surface area contributed by atoms with Crippen molar-refractivity contribution in [3.8, 4) is 6.07 Å². The number of nitriles is 1. The molecular formula is C17H20N2O2. The molecule has 0 N–H and O–H groups in total. The molecule has 0 bridgehead atoms. The molecule has 1 spiro atoms. The highest BCUT2D eigenvalue weighted by Crippen LogP contribution is 2.36. The Morgan fingerprint density at radius 1 is 1.29 bits per heavy atom. The lowest BCUT2D eigenvalue weighted by atomic mass is 9.79. The maximum Gasteiger partial charge on any atom is 0.254 e. The Morgan fingerprint density at radius 2 is 2.10 bits per heavy atom. The fourth-order valence-electron chi connectivity index (χ4n) is 3.55. The number of benzene rings is 1. The first kappa shape index (κ1) is 14.1. The summed E-state index contributed by atoms with van der Waals surface area (Å²) in [5.41, 5.74) is 1.02. The van der Waals surface area contributed by atoms with E-state index in [9.17, 15) is 4.79 Å². The summed E-state index contributed by atoms with van der Waals surface area (Å²) in [7, 11) is 0. The molecule has 2 aliphatic rings. The summed E-state index contributed by atoms with van der Waals surface area (Å²) in [5, 5.41) is 9.00. The van der Waals surface area contributed by atoms with E-state index in [2.05, 4.69) is 6.07 Å². The number of rotatable bonds is 1. The molecule has 1 aromatic carbocycles. The van der Waals surface area contributed by atoms with Gasteiger partial charge in [-0.15, -0.1) is 0 Å². The molecule has 3 rings (SSSR count). The van der Waals surface area contributed by atoms with Crippen molar-refractivity contribution in [3.05, 3.63) is 35.4 Å². The van der Waals surface area contributed by atoms with Gasteiger partial charge in [-0.3, -0.25) is 4.79 Å². The Labute approximate surface area is 125 Å². The second-order valence-electron chi connectivity index (χ2n) is 5.99. The van der Waals surface area contributed by atoms with E-state index < -0.39 is 0 Å². The van der Waals surface area contributed by atoms with Gasteiger partial charge in [0, 0.05) is 12.1 Å². The van der Waals surface area contributed by atoms with E-state index in [-0.39, 0.29) is 11.4 Å². The average Bonchev–Trinajstić information content (AvgIpc) is 2.55. The van der Waals surface area contributed by atoms with Crippen molar-refractivity contribution in [1.82, 2.24) is 4.90 Å². The summed E-state index contributed by atoms with van der Waals surface area (Å²) in [6, 6.07) is 9.10. The molecule has 1 aliphatic heterocycles. The van der Waals surface area contributed by atoms with Crippen molar-refractivity contribution in [2.45, 2.75) is 37.6 Å². The van der Waals surface area contributed by atoms with Crippen LogP contribution in [0.2, 0.25) is 0 Å². The lowest BCUT2D eigenvalue weighted by molar-refractivity contribution is -0.0682. The Hall–Kier alpha value is -1.86. The monoisotopic (exact) mass is 284 g/mol. The van der Waals surface area contributed by atoms with E-state index >= 15 is 0 Å². The topological polar surface area (TPSA) is 53.3 Å². The third kappa shape index (κ3) is 2.66. The van der Waals surface area contributed by atoms with Crippen molar-refractivity contribution >= 4 is 5.91 Å². The van der Waals surface area contributed by atoms with Gasteiger partial charge in [-0.2, -0.15) is 5.26 Å². The maximum absolute atomic E-state index is 12.9. The molecule has 2 fully saturated rings. The summed E-state index contributed by atoms with van der Waals surface area (Å²) in [5.74, 6) is 0.0392. The number of carbonyl (C=O) groups is 1. The molecule has 0 aromatic heterocycles. The fourth-order valence-corrected chi connectivity index (χ4v) is 3.55. The molecule has 1 saturated heterocycles. The Bertz CT molecular complexity index is 562. The van der Waals surface area contributed by atoms with Crippen molar-refractivity contribution in [2.24, 2.45) is 0 Å². The van der Waals surface area contributed by atoms with Crippen LogP contribution in [0, 0.1) is 11.3 Å². The van der Waals surface area contributed by atoms with E-state index in [1.165, 1.54) is 6.42 Å². The highest BCUT2D eigenvalue weighted by molar-refractivity contribution is 5.95. The zero-order valence-electron chi connectivity index (χ0n) is 12.2. The summed E-state index contributed by atoms with van der Waals surface area (Å²) in [6.45, 7) is 1.90. The normalized spacial score (nSPS) is 21.0. The number of morpholine rings is 1. The van der Waals surface area contributed by atoms with Crippen LogP contribution in [0.3, 0.4) is 0 Å². The summed E-state index contributed by atoms with van der Waals surface area (Å²) >= 11 is 0. The molecule has 1 heterocycles. The van der Waals surface area contributed by atoms with E-state index in [0.29, 0.717) is 30.9 Å². The van der Waals surface area contributed by atoms with Gasteiger partial charge >= 0.3 is 0 Å². The Balaban J connectivity index is 1.89. The lowest BCUT2D eigenvalue weighted by Crippen LogP contribution is -2.59. The van der Waals surface area contributed by atoms with Gasteiger partial charge in [0.05, 0.1) is 30.4 Å². The molecule has 1 amide bonds. The first-order chi connectivity index (χ1) is 10.2. The fraction of sp³-hybridized carbons (Fsp3) is 0.529. The van der Waals surface area contributed by atoms with E-state index in [1.807, 2.05) is 4.90 Å². The van der Waals surface area contributed by atoms with Gasteiger partial charge in [0.25, 0.3) is 5.91 Å². The molecule has 4 nitrogen and oxygen atoms in total. The van der Waals surface area contributed by atoms with Gasteiger partial charge in [-0.25, -0.2) is 0 Å². The minimum atomic E-state index is -0.129. The van der Waals surface area contributed by atoms with Gasteiger partial charge in [0.15, 0.2) is 0 Å². The van der Waals surface area contributed by atoms with Crippen molar-refractivity contribution in [3.63, 3.8) is 0 Å². The minimum absolute atomic E-state index is 0.0392. The van der Waals surface area contributed by atoms with Crippen LogP contribution in [0.5, 0.6) is 0 Å². The molecule has 1 aromatic rings. The first-order valence-electron chi connectivity index (χ1n) is 7.65. The number of amides is 1. The summed E-state index contributed by atoms with van der Waals surface area (Å²) in [4.78, 5) is 14.9. The Kier molecular flexibility index (Phi) is 3.94. The van der Waals surface area contributed by atoms with Gasteiger partial charge in [0.1, 0.15) is 0 Å². The predicted molar refractivity (Wildman–Crippen MR) is 78.8 cm³/mol. The molecule has 1 saturated carbocycles. The third-order valence-corrected chi connectivity index (χ3v) is 4.67. The number of ether oxygens (including phenoxy) is 1. The smallest absolute Gasteiger partial charge is 0.254 e. The number of carbonyl (C=O) groups excluding carboxylic acids is 1. The van der Waals surface area contributed by atoms with Crippen molar-refractivity contribution in [1.29, 1.82) is 5.26 Å². The van der Waals surface area contributed by atoms with Crippen LogP contribution in [0.1, 0.15) is 48.0 Å². The van der Waals surface area contributed by atoms with E-state index in [4.69, 9.17) is 10.00 Å². The zero-order chi connectivity index (χ0) is 14.7. The molecule has 1 aliphatic carbocycles. The van der Waals surface area contributed by atoms with Gasteiger partial charge in [-0.05, 0) is 31.0 Å². The van der Waals surface area contributed by atoms with Crippen LogP contribution >= 0.6 is 0 Å². The average molecular weight is 284 g/mol. The van der Waals surface area contributed by atoms with Crippen LogP contribution in [-0.2, 0) is 4.74 Å². The highest BCUT2D eigenvalue weighted by Gasteiger charge is 2.43. The predicted octanol–water partition coefficient (Wildman–Crippen LogP) is 2.73. The molecule has 0 unspecified atom stereocenters. The highest BCUT2D eigenvalue weighted by atomic mass is 16.5. The standard InChI is InChI=1S/C17H20N2O2/c18-12-14-5-4-6-15(11-14)16(20)19-9-10-21-13-17(19)7-2-1-3-8-17/h4-6,11H,1-3,7-10,13H2. The summed E-state index contributed by atoms with van der Waals surface area (Å²) < 4.78 is 5.68.